The maximum absolute atomic E-state index is 12.6. The summed E-state index contributed by atoms with van der Waals surface area (Å²) >= 11 is 2.99. The fraction of sp³-hybridized carbons (Fsp3) is 0.630. The number of nitrogens with zero attached hydrogens (tertiary/aromatic N) is 10. The highest BCUT2D eigenvalue weighted by Gasteiger charge is 2.51. The van der Waals surface area contributed by atoms with Crippen molar-refractivity contribution in [1.29, 1.82) is 0 Å². The smallest absolute Gasteiger partial charge is 0.407 e. The highest BCUT2D eigenvalue weighted by molar-refractivity contribution is 7.99. The Bertz CT molecular complexity index is 2760. The molecule has 12 heterocycles. The van der Waals surface area contributed by atoms with Crippen LogP contribution < -0.4 is 40.1 Å². The van der Waals surface area contributed by atoms with Crippen molar-refractivity contribution >= 4 is 59.4 Å². The lowest BCUT2D eigenvalue weighted by atomic mass is 9.73. The Kier molecular flexibility index (Phi) is 16.9. The van der Waals surface area contributed by atoms with Crippen LogP contribution in [0.4, 0.5) is 28.1 Å². The topological polar surface area (TPSA) is 269 Å². The van der Waals surface area contributed by atoms with Gasteiger partial charge in [-0.3, -0.25) is 4.79 Å². The summed E-state index contributed by atoms with van der Waals surface area (Å²) in [6.07, 6.45) is 15.0. The van der Waals surface area contributed by atoms with Gasteiger partial charge < -0.3 is 69.7 Å². The number of fused-ring (bicyclic) bond motifs is 6. The summed E-state index contributed by atoms with van der Waals surface area (Å²) in [5.74, 6) is 4.92. The Morgan fingerprint density at radius 1 is 0.744 bits per heavy atom. The number of nitrogens with two attached hydrogens (primary N) is 1. The summed E-state index contributed by atoms with van der Waals surface area (Å²) in [6.45, 7) is 16.9. The molecule has 1 amide bonds. The Balaban J connectivity index is 0.000000171. The Labute approximate surface area is 463 Å². The molecule has 22 nitrogen and oxygen atoms in total. The molecule has 0 unspecified atom stereocenters. The highest BCUT2D eigenvalue weighted by Crippen LogP contribution is 2.48. The zero-order valence-electron chi connectivity index (χ0n) is 45.2. The van der Waals surface area contributed by atoms with Crippen LogP contribution in [0.2, 0.25) is 0 Å². The number of aromatic nitrogens is 6. The van der Waals surface area contributed by atoms with Crippen molar-refractivity contribution in [2.24, 2.45) is 16.6 Å². The summed E-state index contributed by atoms with van der Waals surface area (Å²) in [7, 11) is 0. The van der Waals surface area contributed by atoms with Crippen LogP contribution in [0.3, 0.4) is 0 Å². The van der Waals surface area contributed by atoms with Crippen molar-refractivity contribution in [3.63, 3.8) is 0 Å². The summed E-state index contributed by atoms with van der Waals surface area (Å²) in [4.78, 5) is 60.3. The molecule has 0 bridgehead atoms. The van der Waals surface area contributed by atoms with E-state index in [1.54, 1.807) is 12.4 Å². The number of nitrogens with one attached hydrogen (secondary N) is 1. The van der Waals surface area contributed by atoms with Crippen molar-refractivity contribution in [3.8, 4) is 11.5 Å². The molecular formula is C54H74N12O10S2. The van der Waals surface area contributed by atoms with E-state index in [2.05, 4.69) is 41.8 Å². The molecule has 8 aliphatic heterocycles. The minimum atomic E-state index is -0.562. The largest absolute Gasteiger partial charge is 0.486 e. The minimum absolute atomic E-state index is 0.0489. The zero-order chi connectivity index (χ0) is 54.8. The van der Waals surface area contributed by atoms with Gasteiger partial charge in [0.25, 0.3) is 6.47 Å². The third-order valence-electron chi connectivity index (χ3n) is 16.6. The summed E-state index contributed by atoms with van der Waals surface area (Å²) in [5.41, 5.74) is 6.93. The van der Waals surface area contributed by atoms with Gasteiger partial charge in [0, 0.05) is 68.5 Å². The number of piperidine rings is 2. The first kappa shape index (κ1) is 55.8. The second-order valence-electron chi connectivity index (χ2n) is 22.5. The highest BCUT2D eigenvalue weighted by atomic mass is 32.2. The van der Waals surface area contributed by atoms with Gasteiger partial charge in [0.1, 0.15) is 40.3 Å². The minimum Gasteiger partial charge on any atom is -0.486 e. The number of alkyl carbamates (subject to hydrolysis) is 1. The number of pyridine rings is 2. The van der Waals surface area contributed by atoms with Crippen LogP contribution in [0.1, 0.15) is 97.4 Å². The summed E-state index contributed by atoms with van der Waals surface area (Å²) < 4.78 is 29.7. The number of aliphatic hydroxyl groups is 2. The normalized spacial score (nSPS) is 25.3. The average Bonchev–Trinajstić information content (AvgIpc) is 4.30. The zero-order valence-corrected chi connectivity index (χ0v) is 46.8. The molecule has 0 radical (unpaired) electrons. The molecule has 0 saturated carbocycles. The number of carboxylic acid groups (broad SMARTS) is 1. The molecule has 422 valence electrons. The van der Waals surface area contributed by atoms with Gasteiger partial charge in [0.15, 0.2) is 34.8 Å². The fourth-order valence-electron chi connectivity index (χ4n) is 12.4. The van der Waals surface area contributed by atoms with Gasteiger partial charge >= 0.3 is 6.09 Å². The van der Waals surface area contributed by atoms with Gasteiger partial charge in [-0.05, 0) is 98.1 Å². The van der Waals surface area contributed by atoms with E-state index >= 15 is 0 Å². The SMILES string of the molecule is C[C@@H]1OCC2(CCN(c3ncc(Sc4ccnc5c4OC[C@@H]4CCCN54)nc3CO)CC2)[C@@H]1N.C[C@@H]1OCC2(CCN(c3ncc(Sc4ccnc5c4OC[C@@H]4CCCN54)nc3CO)CC2)[C@@H]1NC(=O)OC(C)(C)C.O=CO. The predicted octanol–water partition coefficient (Wildman–Crippen LogP) is 5.68. The first-order valence-corrected chi connectivity index (χ1v) is 28.9. The van der Waals surface area contributed by atoms with Gasteiger partial charge in [-0.1, -0.05) is 23.5 Å². The van der Waals surface area contributed by atoms with Gasteiger partial charge in [-0.2, -0.15) is 0 Å². The maximum atomic E-state index is 12.6. The number of carbonyl (C=O) groups is 2. The average molecular weight is 1120 g/mol. The molecule has 4 aromatic heterocycles. The van der Waals surface area contributed by atoms with Crippen LogP contribution >= 0.6 is 23.5 Å². The first-order chi connectivity index (χ1) is 37.6. The number of ether oxygens (including phenoxy) is 5. The van der Waals surface area contributed by atoms with Gasteiger partial charge in [-0.15, -0.1) is 0 Å². The van der Waals surface area contributed by atoms with Gasteiger partial charge in [-0.25, -0.2) is 34.7 Å². The molecule has 24 heteroatoms. The van der Waals surface area contributed by atoms with Crippen LogP contribution in [-0.2, 0) is 32.2 Å². The van der Waals surface area contributed by atoms with E-state index in [-0.39, 0.29) is 54.8 Å². The lowest BCUT2D eigenvalue weighted by Gasteiger charge is -2.43. The Hall–Kier alpha value is -5.50. The molecule has 6 N–H and O–H groups in total. The van der Waals surface area contributed by atoms with E-state index in [0.717, 1.165) is 135 Å². The van der Waals surface area contributed by atoms with Crippen molar-refractivity contribution in [3.05, 3.63) is 48.3 Å². The van der Waals surface area contributed by atoms with E-state index in [1.807, 2.05) is 52.2 Å². The number of hydrogen-bond acceptors (Lipinski definition) is 22. The molecule has 0 aliphatic carbocycles. The standard InChI is InChI=1S/C29H40N6O5S.C24H32N6O3S.CH2O2/c1-18-24(33-27(37)40-28(2,3)4)29(17-39-18)8-12-34(13-9-29)25-20(15-36)32-22(14-31-25)41-21-7-10-30-26-23(21)38-16-19-6-5-11-35(19)26;1-15-21(25)24(14-33-15)5-9-29(10-6-24)22-17(12-31)28-19(11-27-22)34-18-4-7-26-23-20(18)32-13-16-3-2-8-30(16)23;2-1-3/h7,10,14,18-19,24,36H,5-6,8-9,11-13,15-17H2,1-4H3,(H,33,37);4,7,11,15-16,21,31H,2-3,5-6,8-10,12-14,25H2,1H3;1H,(H,2,3)/t18-,19-,24+;15-,16-,21+;/m00./s1. The molecule has 6 atom stereocenters. The Morgan fingerprint density at radius 2 is 1.21 bits per heavy atom. The number of aliphatic hydroxyl groups excluding tert-OH is 2. The quantitative estimate of drug-likeness (QED) is 0.126. The Morgan fingerprint density at radius 3 is 1.65 bits per heavy atom. The second-order valence-corrected chi connectivity index (χ2v) is 24.6. The summed E-state index contributed by atoms with van der Waals surface area (Å²) in [5, 5.41) is 31.8. The van der Waals surface area contributed by atoms with Crippen LogP contribution in [0, 0.1) is 10.8 Å². The number of anilines is 4. The molecule has 0 aromatic carbocycles. The predicted molar refractivity (Wildman–Crippen MR) is 293 cm³/mol. The van der Waals surface area contributed by atoms with E-state index < -0.39 is 11.7 Å². The van der Waals surface area contributed by atoms with Crippen molar-refractivity contribution in [2.75, 3.05) is 85.3 Å². The molecule has 4 aromatic rings. The van der Waals surface area contributed by atoms with E-state index in [1.165, 1.54) is 29.9 Å². The fourth-order valence-corrected chi connectivity index (χ4v) is 14.1. The van der Waals surface area contributed by atoms with Crippen LogP contribution in [0.15, 0.2) is 56.8 Å². The first-order valence-electron chi connectivity index (χ1n) is 27.3. The number of hydrogen-bond donors (Lipinski definition) is 5. The summed E-state index contributed by atoms with van der Waals surface area (Å²) in [6, 6.07) is 4.68. The van der Waals surface area contributed by atoms with Crippen molar-refractivity contribution < 1.29 is 48.6 Å². The third-order valence-corrected chi connectivity index (χ3v) is 18.5. The van der Waals surface area contributed by atoms with Crippen molar-refractivity contribution in [1.82, 2.24) is 35.2 Å². The van der Waals surface area contributed by atoms with Gasteiger partial charge in [0.2, 0.25) is 0 Å². The lowest BCUT2D eigenvalue weighted by Crippen LogP contribution is -2.55. The molecular weight excluding hydrogens is 1040 g/mol. The number of rotatable bonds is 9. The number of carbonyl (C=O) groups excluding carboxylic acids is 1. The van der Waals surface area contributed by atoms with Crippen LogP contribution in [-0.4, -0.2) is 165 Å². The van der Waals surface area contributed by atoms with Crippen molar-refractivity contribution in [2.45, 2.75) is 161 Å². The van der Waals surface area contributed by atoms with Gasteiger partial charge in [0.05, 0.1) is 78.9 Å². The molecule has 78 heavy (non-hydrogen) atoms. The second kappa shape index (κ2) is 23.7. The van der Waals surface area contributed by atoms with E-state index in [0.29, 0.717) is 54.1 Å². The molecule has 12 rings (SSSR count). The third kappa shape index (κ3) is 11.6. The van der Waals surface area contributed by atoms with Crippen LogP contribution in [0.5, 0.6) is 11.5 Å². The van der Waals surface area contributed by atoms with E-state index in [4.69, 9.17) is 59.3 Å². The molecule has 6 fully saturated rings. The molecule has 6 saturated heterocycles. The number of amides is 1. The molecule has 2 spiro atoms. The monoisotopic (exact) mass is 1110 g/mol. The van der Waals surface area contributed by atoms with E-state index in [9.17, 15) is 15.0 Å². The molecule has 8 aliphatic rings. The maximum Gasteiger partial charge on any atom is 0.407 e. The van der Waals surface area contributed by atoms with Crippen LogP contribution in [0.25, 0.3) is 0 Å². The lowest BCUT2D eigenvalue weighted by molar-refractivity contribution is -0.122.